The van der Waals surface area contributed by atoms with E-state index in [1.54, 1.807) is 6.92 Å². The first-order valence-electron chi connectivity index (χ1n) is 8.65. The van der Waals surface area contributed by atoms with E-state index in [2.05, 4.69) is 9.97 Å². The van der Waals surface area contributed by atoms with Crippen LogP contribution in [0.3, 0.4) is 0 Å². The number of fused-ring (bicyclic) bond motifs is 1. The predicted octanol–water partition coefficient (Wildman–Crippen LogP) is 1.99. The number of nitrogens with one attached hydrogen (secondary N) is 1. The van der Waals surface area contributed by atoms with Gasteiger partial charge in [0.1, 0.15) is 5.82 Å². The Labute approximate surface area is 164 Å². The van der Waals surface area contributed by atoms with Crippen molar-refractivity contribution in [2.75, 3.05) is 20.8 Å². The number of aliphatic hydroxyl groups is 1. The van der Waals surface area contributed by atoms with E-state index in [1.165, 1.54) is 26.4 Å². The van der Waals surface area contributed by atoms with Gasteiger partial charge in [-0.1, -0.05) is 0 Å². The fourth-order valence-corrected chi connectivity index (χ4v) is 2.65. The van der Waals surface area contributed by atoms with Crippen molar-refractivity contribution in [1.29, 1.82) is 0 Å². The van der Waals surface area contributed by atoms with Gasteiger partial charge in [0.05, 0.1) is 38.1 Å². The fraction of sp³-hybridized carbons (Fsp3) is 0.500. The topological polar surface area (TPSA) is 105 Å². The molecule has 0 aliphatic rings. The number of amides is 1. The number of ether oxygens (including phenoxy) is 2. The highest BCUT2D eigenvalue weighted by atomic mass is 19.4. The first-order valence-corrected chi connectivity index (χ1v) is 8.65. The monoisotopic (exact) mass is 417 g/mol. The first-order chi connectivity index (χ1) is 13.4. The summed E-state index contributed by atoms with van der Waals surface area (Å²) in [5, 5.41) is 9.78. The molecular formula is C18H22F3N3O5. The van der Waals surface area contributed by atoms with Gasteiger partial charge in [0, 0.05) is 12.6 Å². The van der Waals surface area contributed by atoms with E-state index < -0.39 is 29.7 Å². The number of aromatic nitrogens is 2. The zero-order valence-electron chi connectivity index (χ0n) is 16.4. The fourth-order valence-electron chi connectivity index (χ4n) is 2.65. The van der Waals surface area contributed by atoms with Crippen molar-refractivity contribution >= 4 is 16.8 Å². The molecular weight excluding hydrogens is 395 g/mol. The molecule has 1 atom stereocenters. The maximum atomic E-state index is 12.8. The number of halogens is 3. The Morgan fingerprint density at radius 3 is 2.34 bits per heavy atom. The molecule has 2 N–H and O–H groups in total. The normalized spacial score (nSPS) is 13.8. The molecule has 0 unspecified atom stereocenters. The standard InChI is InChI=1S/C18H22F3N3O5/c1-5-24(15(25)8-17(2,27)18(19,20)21)9-14-22-11-7-13(29-4)12(28-3)6-10(11)16(26)23-14/h6-7,27H,5,8-9H2,1-4H3,(H,22,23,26)/t17-/m1/s1. The summed E-state index contributed by atoms with van der Waals surface area (Å²) >= 11 is 0. The molecule has 160 valence electrons. The van der Waals surface area contributed by atoms with Crippen LogP contribution in [-0.4, -0.2) is 58.4 Å². The van der Waals surface area contributed by atoms with Gasteiger partial charge in [-0.15, -0.1) is 0 Å². The largest absolute Gasteiger partial charge is 0.493 e. The van der Waals surface area contributed by atoms with Crippen LogP contribution in [0.5, 0.6) is 11.5 Å². The summed E-state index contributed by atoms with van der Waals surface area (Å²) in [6, 6.07) is 2.94. The summed E-state index contributed by atoms with van der Waals surface area (Å²) in [6.45, 7) is 1.92. The number of carbonyl (C=O) groups excluding carboxylic acids is 1. The lowest BCUT2D eigenvalue weighted by Crippen LogP contribution is -2.47. The average molecular weight is 417 g/mol. The third-order valence-electron chi connectivity index (χ3n) is 4.44. The van der Waals surface area contributed by atoms with Crippen molar-refractivity contribution < 1.29 is 32.5 Å². The summed E-state index contributed by atoms with van der Waals surface area (Å²) in [4.78, 5) is 32.5. The number of carbonyl (C=O) groups is 1. The van der Waals surface area contributed by atoms with E-state index in [0.29, 0.717) is 18.4 Å². The van der Waals surface area contributed by atoms with Gasteiger partial charge < -0.3 is 24.5 Å². The maximum absolute atomic E-state index is 12.8. The van der Waals surface area contributed by atoms with Crippen molar-refractivity contribution in [3.05, 3.63) is 28.3 Å². The molecule has 0 aliphatic carbocycles. The minimum absolute atomic E-state index is 0.0560. The number of methoxy groups -OCH3 is 2. The van der Waals surface area contributed by atoms with Gasteiger partial charge in [-0.3, -0.25) is 9.59 Å². The van der Waals surface area contributed by atoms with Crippen molar-refractivity contribution in [2.24, 2.45) is 0 Å². The van der Waals surface area contributed by atoms with Gasteiger partial charge in [-0.2, -0.15) is 13.2 Å². The highest BCUT2D eigenvalue weighted by molar-refractivity contribution is 5.82. The molecule has 0 bridgehead atoms. The molecule has 0 radical (unpaired) electrons. The second-order valence-electron chi connectivity index (χ2n) is 6.59. The van der Waals surface area contributed by atoms with Gasteiger partial charge in [0.15, 0.2) is 17.1 Å². The Morgan fingerprint density at radius 2 is 1.83 bits per heavy atom. The number of H-pyrrole nitrogens is 1. The summed E-state index contributed by atoms with van der Waals surface area (Å²) < 4.78 is 48.9. The third-order valence-corrected chi connectivity index (χ3v) is 4.44. The lowest BCUT2D eigenvalue weighted by Gasteiger charge is -2.29. The summed E-state index contributed by atoms with van der Waals surface area (Å²) in [5.74, 6) is -0.171. The Bertz CT molecular complexity index is 956. The van der Waals surface area contributed by atoms with Crippen LogP contribution >= 0.6 is 0 Å². The first kappa shape index (κ1) is 22.5. The summed E-state index contributed by atoms with van der Waals surface area (Å²) in [7, 11) is 2.84. The number of hydrogen-bond acceptors (Lipinski definition) is 6. The van der Waals surface area contributed by atoms with Crippen LogP contribution in [0.2, 0.25) is 0 Å². The van der Waals surface area contributed by atoms with Gasteiger partial charge in [-0.05, 0) is 19.9 Å². The minimum atomic E-state index is -4.95. The zero-order valence-corrected chi connectivity index (χ0v) is 16.4. The molecule has 1 aromatic heterocycles. The van der Waals surface area contributed by atoms with E-state index in [9.17, 15) is 27.9 Å². The van der Waals surface area contributed by atoms with E-state index in [1.807, 2.05) is 0 Å². The highest BCUT2D eigenvalue weighted by Crippen LogP contribution is 2.33. The lowest BCUT2D eigenvalue weighted by molar-refractivity contribution is -0.254. The van der Waals surface area contributed by atoms with Crippen LogP contribution in [-0.2, 0) is 11.3 Å². The van der Waals surface area contributed by atoms with Gasteiger partial charge in [0.2, 0.25) is 5.91 Å². The van der Waals surface area contributed by atoms with Crippen molar-refractivity contribution in [2.45, 2.75) is 38.6 Å². The minimum Gasteiger partial charge on any atom is -0.493 e. The molecule has 1 amide bonds. The number of hydrogen-bond donors (Lipinski definition) is 2. The van der Waals surface area contributed by atoms with Crippen molar-refractivity contribution in [1.82, 2.24) is 14.9 Å². The Kier molecular flexibility index (Phi) is 6.41. The molecule has 0 saturated carbocycles. The summed E-state index contributed by atoms with van der Waals surface area (Å²) in [6.07, 6.45) is -6.10. The Morgan fingerprint density at radius 1 is 1.24 bits per heavy atom. The van der Waals surface area contributed by atoms with Gasteiger partial charge in [0.25, 0.3) is 5.56 Å². The molecule has 0 fully saturated rings. The van der Waals surface area contributed by atoms with E-state index in [-0.39, 0.29) is 29.8 Å². The van der Waals surface area contributed by atoms with Crippen molar-refractivity contribution in [3.63, 3.8) is 0 Å². The molecule has 0 saturated heterocycles. The molecule has 1 aromatic carbocycles. The molecule has 2 aromatic rings. The van der Waals surface area contributed by atoms with E-state index in [0.717, 1.165) is 4.90 Å². The highest BCUT2D eigenvalue weighted by Gasteiger charge is 2.51. The van der Waals surface area contributed by atoms with Crippen LogP contribution in [0.1, 0.15) is 26.1 Å². The van der Waals surface area contributed by atoms with Crippen LogP contribution in [0.25, 0.3) is 10.9 Å². The van der Waals surface area contributed by atoms with Crippen LogP contribution in [0.15, 0.2) is 16.9 Å². The Balaban J connectivity index is 2.34. The van der Waals surface area contributed by atoms with Gasteiger partial charge >= 0.3 is 6.18 Å². The predicted molar refractivity (Wildman–Crippen MR) is 97.9 cm³/mol. The number of rotatable bonds is 7. The quantitative estimate of drug-likeness (QED) is 0.714. The molecule has 1 heterocycles. The average Bonchev–Trinajstić information content (AvgIpc) is 2.63. The van der Waals surface area contributed by atoms with Crippen LogP contribution in [0, 0.1) is 0 Å². The molecule has 29 heavy (non-hydrogen) atoms. The number of nitrogens with zero attached hydrogens (tertiary/aromatic N) is 2. The summed E-state index contributed by atoms with van der Waals surface area (Å²) in [5.41, 5.74) is -3.39. The van der Waals surface area contributed by atoms with Crippen LogP contribution in [0.4, 0.5) is 13.2 Å². The van der Waals surface area contributed by atoms with E-state index >= 15 is 0 Å². The smallest absolute Gasteiger partial charge is 0.417 e. The Hall–Kier alpha value is -2.82. The molecule has 2 rings (SSSR count). The molecule has 8 nitrogen and oxygen atoms in total. The number of alkyl halides is 3. The lowest BCUT2D eigenvalue weighted by atomic mass is 10.0. The second-order valence-corrected chi connectivity index (χ2v) is 6.59. The third kappa shape index (κ3) is 4.78. The van der Waals surface area contributed by atoms with Crippen LogP contribution < -0.4 is 15.0 Å². The number of aromatic amines is 1. The maximum Gasteiger partial charge on any atom is 0.417 e. The molecule has 0 spiro atoms. The van der Waals surface area contributed by atoms with Gasteiger partial charge in [-0.25, -0.2) is 4.98 Å². The van der Waals surface area contributed by atoms with Crippen molar-refractivity contribution in [3.8, 4) is 11.5 Å². The number of benzene rings is 1. The zero-order chi connectivity index (χ0) is 22.0. The van der Waals surface area contributed by atoms with E-state index in [4.69, 9.17) is 9.47 Å². The SMILES string of the molecule is CCN(Cc1nc2cc(OC)c(OC)cc2c(=O)[nH]1)C(=O)C[C@@](C)(O)C(F)(F)F. The molecule has 11 heteroatoms. The second kappa shape index (κ2) is 8.27. The molecule has 0 aliphatic heterocycles.